The Labute approximate surface area is 117 Å². The lowest BCUT2D eigenvalue weighted by atomic mass is 10.1. The van der Waals surface area contributed by atoms with E-state index in [0.717, 1.165) is 19.5 Å². The van der Waals surface area contributed by atoms with Crippen LogP contribution in [-0.4, -0.2) is 60.1 Å². The number of hydrogen-bond donors (Lipinski definition) is 2. The van der Waals surface area contributed by atoms with Crippen LogP contribution in [0.1, 0.15) is 16.8 Å². The first kappa shape index (κ1) is 14.7. The van der Waals surface area contributed by atoms with Crippen LogP contribution in [0.5, 0.6) is 0 Å². The third-order valence-electron chi connectivity index (χ3n) is 3.46. The molecule has 5 nitrogen and oxygen atoms in total. The summed E-state index contributed by atoms with van der Waals surface area (Å²) in [5.74, 6) is -0.688. The van der Waals surface area contributed by atoms with Crippen molar-refractivity contribution in [3.8, 4) is 0 Å². The lowest BCUT2D eigenvalue weighted by Crippen LogP contribution is -2.36. The minimum absolute atomic E-state index is 0.119. The molecule has 0 atom stereocenters. The number of nitrogens with two attached hydrogens (primary N) is 1. The van der Waals surface area contributed by atoms with Gasteiger partial charge in [0.2, 0.25) is 0 Å². The van der Waals surface area contributed by atoms with Crippen molar-refractivity contribution in [1.29, 1.82) is 0 Å². The molecule has 0 saturated carbocycles. The molecular weight excluding hydrogens is 261 g/mol. The monoisotopic (exact) mass is 281 g/mol. The zero-order valence-electron chi connectivity index (χ0n) is 11.4. The molecule has 0 bridgehead atoms. The van der Waals surface area contributed by atoms with Gasteiger partial charge in [-0.25, -0.2) is 4.39 Å². The number of carbonyl (C=O) groups is 1. The molecule has 1 amide bonds. The topological polar surface area (TPSA) is 69.8 Å². The Balaban J connectivity index is 2.05. The quantitative estimate of drug-likeness (QED) is 0.794. The number of amides is 1. The molecule has 1 aromatic rings. The van der Waals surface area contributed by atoms with Crippen LogP contribution in [0.4, 0.5) is 10.1 Å². The molecule has 1 fully saturated rings. The lowest BCUT2D eigenvalue weighted by molar-refractivity contribution is 0.0760. The van der Waals surface area contributed by atoms with Crippen molar-refractivity contribution in [2.45, 2.75) is 6.42 Å². The van der Waals surface area contributed by atoms with Crippen LogP contribution in [0.15, 0.2) is 18.2 Å². The van der Waals surface area contributed by atoms with Gasteiger partial charge in [0.25, 0.3) is 5.91 Å². The lowest BCUT2D eigenvalue weighted by Gasteiger charge is -2.21. The number of nitrogens with zero attached hydrogens (tertiary/aromatic N) is 2. The smallest absolute Gasteiger partial charge is 0.254 e. The average molecular weight is 281 g/mol. The van der Waals surface area contributed by atoms with Gasteiger partial charge < -0.3 is 15.7 Å². The van der Waals surface area contributed by atoms with E-state index in [1.54, 1.807) is 4.90 Å². The van der Waals surface area contributed by atoms with E-state index in [0.29, 0.717) is 19.6 Å². The third kappa shape index (κ3) is 3.68. The molecule has 1 aromatic carbocycles. The predicted molar refractivity (Wildman–Crippen MR) is 74.9 cm³/mol. The van der Waals surface area contributed by atoms with Crippen LogP contribution in [-0.2, 0) is 0 Å². The zero-order valence-corrected chi connectivity index (χ0v) is 11.4. The van der Waals surface area contributed by atoms with Gasteiger partial charge in [0, 0.05) is 37.4 Å². The molecule has 1 aliphatic rings. The summed E-state index contributed by atoms with van der Waals surface area (Å²) in [4.78, 5) is 16.2. The fourth-order valence-corrected chi connectivity index (χ4v) is 2.46. The van der Waals surface area contributed by atoms with Gasteiger partial charge in [-0.05, 0) is 31.2 Å². The molecule has 0 radical (unpaired) electrons. The summed E-state index contributed by atoms with van der Waals surface area (Å²) in [6.45, 7) is 3.53. The fourth-order valence-electron chi connectivity index (χ4n) is 2.46. The van der Waals surface area contributed by atoms with Gasteiger partial charge in [-0.2, -0.15) is 0 Å². The van der Waals surface area contributed by atoms with Crippen molar-refractivity contribution in [2.24, 2.45) is 0 Å². The van der Waals surface area contributed by atoms with Gasteiger partial charge >= 0.3 is 0 Å². The summed E-state index contributed by atoms with van der Waals surface area (Å²) < 4.78 is 13.3. The van der Waals surface area contributed by atoms with Gasteiger partial charge in [-0.1, -0.05) is 0 Å². The Bertz CT molecular complexity index is 461. The summed E-state index contributed by atoms with van der Waals surface area (Å²) in [5.41, 5.74) is 6.12. The Morgan fingerprint density at radius 2 is 2.05 bits per heavy atom. The van der Waals surface area contributed by atoms with E-state index >= 15 is 0 Å². The number of carbonyl (C=O) groups excluding carboxylic acids is 1. The number of rotatable bonds is 3. The maximum Gasteiger partial charge on any atom is 0.254 e. The minimum Gasteiger partial charge on any atom is -0.399 e. The number of aliphatic hydroxyl groups is 1. The molecular formula is C14H20FN3O2. The fraction of sp³-hybridized carbons (Fsp3) is 0.500. The molecule has 20 heavy (non-hydrogen) atoms. The first-order valence-corrected chi connectivity index (χ1v) is 6.78. The Hall–Kier alpha value is -1.66. The average Bonchev–Trinajstić information content (AvgIpc) is 2.63. The summed E-state index contributed by atoms with van der Waals surface area (Å²) in [7, 11) is 0. The van der Waals surface area contributed by atoms with E-state index in [4.69, 9.17) is 10.8 Å². The van der Waals surface area contributed by atoms with E-state index in [1.807, 2.05) is 0 Å². The summed E-state index contributed by atoms with van der Waals surface area (Å²) in [5, 5.41) is 8.95. The molecule has 1 aliphatic heterocycles. The van der Waals surface area contributed by atoms with E-state index in [9.17, 15) is 9.18 Å². The van der Waals surface area contributed by atoms with Crippen molar-refractivity contribution in [3.05, 3.63) is 29.6 Å². The summed E-state index contributed by atoms with van der Waals surface area (Å²) in [6.07, 6.45) is 0.844. The molecule has 1 heterocycles. The summed E-state index contributed by atoms with van der Waals surface area (Å²) >= 11 is 0. The van der Waals surface area contributed by atoms with E-state index in [2.05, 4.69) is 4.90 Å². The van der Waals surface area contributed by atoms with Crippen molar-refractivity contribution >= 4 is 11.6 Å². The second-order valence-corrected chi connectivity index (χ2v) is 4.98. The predicted octanol–water partition coefficient (Wildman–Crippen LogP) is 0.548. The normalized spacial score (nSPS) is 17.0. The van der Waals surface area contributed by atoms with Crippen molar-refractivity contribution in [1.82, 2.24) is 9.80 Å². The minimum atomic E-state index is -0.495. The molecule has 3 N–H and O–H groups in total. The van der Waals surface area contributed by atoms with Gasteiger partial charge in [0.15, 0.2) is 0 Å². The van der Waals surface area contributed by atoms with Crippen LogP contribution in [0.2, 0.25) is 0 Å². The number of benzene rings is 1. The molecule has 1 saturated heterocycles. The van der Waals surface area contributed by atoms with Crippen LogP contribution in [0.25, 0.3) is 0 Å². The van der Waals surface area contributed by atoms with Gasteiger partial charge in [0.1, 0.15) is 5.82 Å². The second-order valence-electron chi connectivity index (χ2n) is 4.98. The first-order chi connectivity index (χ1) is 9.60. The molecule has 0 aromatic heterocycles. The number of anilines is 1. The molecule has 2 rings (SSSR count). The SMILES string of the molecule is Nc1cc(F)cc(C(=O)N2CCCN(CCO)CC2)c1. The second kappa shape index (κ2) is 6.67. The van der Waals surface area contributed by atoms with Crippen molar-refractivity contribution < 1.29 is 14.3 Å². The van der Waals surface area contributed by atoms with Crippen LogP contribution >= 0.6 is 0 Å². The van der Waals surface area contributed by atoms with Gasteiger partial charge in [-0.3, -0.25) is 9.69 Å². The Morgan fingerprint density at radius 3 is 2.75 bits per heavy atom. The van der Waals surface area contributed by atoms with Crippen LogP contribution in [0.3, 0.4) is 0 Å². The standard InChI is InChI=1S/C14H20FN3O2/c15-12-8-11(9-13(16)10-12)14(20)18-3-1-2-17(4-5-18)6-7-19/h8-10,19H,1-7,16H2. The van der Waals surface area contributed by atoms with Crippen molar-refractivity contribution in [2.75, 3.05) is 45.1 Å². The highest BCUT2D eigenvalue weighted by Crippen LogP contribution is 2.14. The molecule has 0 aliphatic carbocycles. The van der Waals surface area contributed by atoms with Crippen LogP contribution in [0, 0.1) is 5.82 Å². The highest BCUT2D eigenvalue weighted by atomic mass is 19.1. The molecule has 0 spiro atoms. The number of β-amino-alcohol motifs (C(OH)–C–C–N with tert-alkyl or cyclic N) is 1. The van der Waals surface area contributed by atoms with Crippen molar-refractivity contribution in [3.63, 3.8) is 0 Å². The zero-order chi connectivity index (χ0) is 14.5. The Morgan fingerprint density at radius 1 is 1.25 bits per heavy atom. The van der Waals surface area contributed by atoms with Gasteiger partial charge in [0.05, 0.1) is 6.61 Å². The van der Waals surface area contributed by atoms with E-state index < -0.39 is 5.82 Å². The molecule has 110 valence electrons. The van der Waals surface area contributed by atoms with E-state index in [1.165, 1.54) is 18.2 Å². The van der Waals surface area contributed by atoms with E-state index in [-0.39, 0.29) is 23.8 Å². The maximum absolute atomic E-state index is 13.3. The number of halogens is 1. The number of hydrogen-bond acceptors (Lipinski definition) is 4. The van der Waals surface area contributed by atoms with Crippen LogP contribution < -0.4 is 5.73 Å². The number of aliphatic hydroxyl groups excluding tert-OH is 1. The molecule has 0 unspecified atom stereocenters. The summed E-state index contributed by atoms with van der Waals surface area (Å²) in [6, 6.07) is 3.92. The number of nitrogen functional groups attached to an aromatic ring is 1. The largest absolute Gasteiger partial charge is 0.399 e. The highest BCUT2D eigenvalue weighted by Gasteiger charge is 2.20. The maximum atomic E-state index is 13.3. The first-order valence-electron chi connectivity index (χ1n) is 6.78. The molecule has 6 heteroatoms. The Kier molecular flexibility index (Phi) is 4.92. The third-order valence-corrected chi connectivity index (χ3v) is 3.46. The highest BCUT2D eigenvalue weighted by molar-refractivity contribution is 5.95. The van der Waals surface area contributed by atoms with Gasteiger partial charge in [-0.15, -0.1) is 0 Å².